The van der Waals surface area contributed by atoms with Gasteiger partial charge in [0.05, 0.1) is 25.3 Å². The van der Waals surface area contributed by atoms with Gasteiger partial charge in [0.2, 0.25) is 10.0 Å². The predicted octanol–water partition coefficient (Wildman–Crippen LogP) is 3.18. The van der Waals surface area contributed by atoms with Crippen molar-refractivity contribution in [2.45, 2.75) is 4.90 Å². The van der Waals surface area contributed by atoms with Crippen LogP contribution in [0, 0.1) is 0 Å². The second-order valence-corrected chi connectivity index (χ2v) is 8.69. The fraction of sp³-hybridized carbons (Fsp3) is 0.278. The molecule has 7 nitrogen and oxygen atoms in total. The lowest BCUT2D eigenvalue weighted by atomic mass is 10.3. The van der Waals surface area contributed by atoms with Crippen LogP contribution in [0.3, 0.4) is 0 Å². The number of hydrogen-bond acceptors (Lipinski definition) is 5. The third-order valence-electron chi connectivity index (χ3n) is 4.10. The van der Waals surface area contributed by atoms with Gasteiger partial charge in [-0.15, -0.1) is 0 Å². The molecule has 1 aliphatic rings. The highest BCUT2D eigenvalue weighted by atomic mass is 35.5. The summed E-state index contributed by atoms with van der Waals surface area (Å²) in [6, 6.07) is 12.0. The van der Waals surface area contributed by atoms with E-state index in [2.05, 4.69) is 10.6 Å². The standard InChI is InChI=1S/C18H20ClN3O4S2/c1-25-15-4-2-3-13(11-15)20-18(27)21-14-5-6-16(19)17(12-14)28(23,24)22-7-9-26-10-8-22/h2-6,11-12H,7-10H2,1H3,(H2,20,21,27). The van der Waals surface area contributed by atoms with Crippen molar-refractivity contribution in [1.29, 1.82) is 0 Å². The Kier molecular flexibility index (Phi) is 6.73. The maximum Gasteiger partial charge on any atom is 0.244 e. The smallest absolute Gasteiger partial charge is 0.244 e. The average molecular weight is 442 g/mol. The fourth-order valence-electron chi connectivity index (χ4n) is 2.70. The van der Waals surface area contributed by atoms with Gasteiger partial charge < -0.3 is 20.1 Å². The number of halogens is 1. The molecule has 28 heavy (non-hydrogen) atoms. The second kappa shape index (κ2) is 9.06. The van der Waals surface area contributed by atoms with Crippen molar-refractivity contribution in [3.63, 3.8) is 0 Å². The SMILES string of the molecule is COc1cccc(NC(=S)Nc2ccc(Cl)c(S(=O)(=O)N3CCOCC3)c2)c1. The van der Waals surface area contributed by atoms with Crippen LogP contribution in [0.25, 0.3) is 0 Å². The molecule has 0 atom stereocenters. The zero-order valence-corrected chi connectivity index (χ0v) is 17.5. The highest BCUT2D eigenvalue weighted by Gasteiger charge is 2.28. The van der Waals surface area contributed by atoms with Gasteiger partial charge in [-0.3, -0.25) is 0 Å². The molecule has 0 aliphatic carbocycles. The number of anilines is 2. The van der Waals surface area contributed by atoms with Gasteiger partial charge in [-0.2, -0.15) is 4.31 Å². The van der Waals surface area contributed by atoms with E-state index in [9.17, 15) is 8.42 Å². The van der Waals surface area contributed by atoms with Gasteiger partial charge in [0.1, 0.15) is 10.6 Å². The van der Waals surface area contributed by atoms with Crippen molar-refractivity contribution in [3.05, 3.63) is 47.5 Å². The first-order chi connectivity index (χ1) is 13.4. The largest absolute Gasteiger partial charge is 0.497 e. The lowest BCUT2D eigenvalue weighted by Crippen LogP contribution is -2.40. The van der Waals surface area contributed by atoms with E-state index in [1.165, 1.54) is 16.4 Å². The van der Waals surface area contributed by atoms with Gasteiger partial charge in [0.15, 0.2) is 5.11 Å². The number of sulfonamides is 1. The first-order valence-electron chi connectivity index (χ1n) is 8.49. The van der Waals surface area contributed by atoms with E-state index in [-0.39, 0.29) is 9.92 Å². The normalized spacial score (nSPS) is 15.1. The summed E-state index contributed by atoms with van der Waals surface area (Å²) in [5, 5.41) is 6.48. The Balaban J connectivity index is 1.76. The molecular weight excluding hydrogens is 422 g/mol. The Morgan fingerprint density at radius 3 is 2.50 bits per heavy atom. The quantitative estimate of drug-likeness (QED) is 0.690. The van der Waals surface area contributed by atoms with Crippen LogP contribution in [0.5, 0.6) is 5.75 Å². The molecule has 0 aromatic heterocycles. The van der Waals surface area contributed by atoms with Crippen LogP contribution in [0.4, 0.5) is 11.4 Å². The number of rotatable bonds is 5. The van der Waals surface area contributed by atoms with E-state index in [0.717, 1.165) is 5.69 Å². The summed E-state index contributed by atoms with van der Waals surface area (Å²) in [5.74, 6) is 0.693. The second-order valence-electron chi connectivity index (χ2n) is 5.97. The molecule has 150 valence electrons. The zero-order valence-electron chi connectivity index (χ0n) is 15.1. The zero-order chi connectivity index (χ0) is 20.1. The Bertz CT molecular complexity index is 963. The van der Waals surface area contributed by atoms with E-state index >= 15 is 0 Å². The topological polar surface area (TPSA) is 79.9 Å². The van der Waals surface area contributed by atoms with Gasteiger partial charge in [0.25, 0.3) is 0 Å². The van der Waals surface area contributed by atoms with E-state index in [1.54, 1.807) is 19.2 Å². The van der Waals surface area contributed by atoms with Gasteiger partial charge in [0, 0.05) is 30.5 Å². The molecule has 1 aliphatic heterocycles. The molecule has 0 amide bonds. The van der Waals surface area contributed by atoms with Crippen molar-refractivity contribution in [2.75, 3.05) is 44.0 Å². The van der Waals surface area contributed by atoms with Crippen molar-refractivity contribution in [1.82, 2.24) is 4.31 Å². The Morgan fingerprint density at radius 1 is 1.14 bits per heavy atom. The van der Waals surface area contributed by atoms with Crippen LogP contribution in [0.1, 0.15) is 0 Å². The summed E-state index contributed by atoms with van der Waals surface area (Å²) in [6.07, 6.45) is 0. The number of nitrogens with zero attached hydrogens (tertiary/aromatic N) is 1. The van der Waals surface area contributed by atoms with E-state index in [4.69, 9.17) is 33.3 Å². The summed E-state index contributed by atoms with van der Waals surface area (Å²) >= 11 is 11.5. The molecule has 0 saturated carbocycles. The van der Waals surface area contributed by atoms with Crippen LogP contribution in [0.15, 0.2) is 47.4 Å². The molecule has 0 radical (unpaired) electrons. The van der Waals surface area contributed by atoms with Crippen LogP contribution in [0.2, 0.25) is 5.02 Å². The molecule has 3 rings (SSSR count). The monoisotopic (exact) mass is 441 g/mol. The Morgan fingerprint density at radius 2 is 1.82 bits per heavy atom. The molecular formula is C18H20ClN3O4S2. The molecule has 0 unspecified atom stereocenters. The molecule has 1 saturated heterocycles. The molecule has 2 aromatic carbocycles. The molecule has 0 spiro atoms. The molecule has 2 aromatic rings. The van der Waals surface area contributed by atoms with Crippen molar-refractivity contribution < 1.29 is 17.9 Å². The number of hydrogen-bond donors (Lipinski definition) is 2. The highest BCUT2D eigenvalue weighted by molar-refractivity contribution is 7.89. The van der Waals surface area contributed by atoms with Gasteiger partial charge in [-0.1, -0.05) is 17.7 Å². The average Bonchev–Trinajstić information content (AvgIpc) is 2.70. The van der Waals surface area contributed by atoms with Crippen LogP contribution < -0.4 is 15.4 Å². The minimum atomic E-state index is -3.72. The minimum Gasteiger partial charge on any atom is -0.497 e. The third kappa shape index (κ3) is 4.92. The number of benzene rings is 2. The molecule has 2 N–H and O–H groups in total. The lowest BCUT2D eigenvalue weighted by Gasteiger charge is -2.26. The van der Waals surface area contributed by atoms with Gasteiger partial charge >= 0.3 is 0 Å². The summed E-state index contributed by atoms with van der Waals surface area (Å²) in [5.41, 5.74) is 1.25. The van der Waals surface area contributed by atoms with Crippen molar-refractivity contribution in [3.8, 4) is 5.75 Å². The summed E-state index contributed by atoms with van der Waals surface area (Å²) < 4.78 is 37.6. The lowest BCUT2D eigenvalue weighted by molar-refractivity contribution is 0.0730. The molecule has 1 fully saturated rings. The molecule has 10 heteroatoms. The number of methoxy groups -OCH3 is 1. The van der Waals surface area contributed by atoms with Crippen molar-refractivity contribution in [2.24, 2.45) is 0 Å². The van der Waals surface area contributed by atoms with Crippen LogP contribution in [-0.4, -0.2) is 51.2 Å². The summed E-state index contributed by atoms with van der Waals surface area (Å²) in [6.45, 7) is 1.32. The Hall–Kier alpha value is -1.91. The molecule has 0 bridgehead atoms. The van der Waals surface area contributed by atoms with E-state index < -0.39 is 10.0 Å². The Labute approximate surface area is 174 Å². The number of morpholine rings is 1. The van der Waals surface area contributed by atoms with Crippen molar-refractivity contribution >= 4 is 50.3 Å². The minimum absolute atomic E-state index is 0.0326. The number of thiocarbonyl (C=S) groups is 1. The van der Waals surface area contributed by atoms with Crippen LogP contribution in [-0.2, 0) is 14.8 Å². The highest BCUT2D eigenvalue weighted by Crippen LogP contribution is 2.28. The molecule has 1 heterocycles. The maximum absolute atomic E-state index is 12.9. The summed E-state index contributed by atoms with van der Waals surface area (Å²) in [7, 11) is -2.13. The van der Waals surface area contributed by atoms with Gasteiger partial charge in [-0.05, 0) is 42.5 Å². The predicted molar refractivity (Wildman–Crippen MR) is 114 cm³/mol. The van der Waals surface area contributed by atoms with E-state index in [1.807, 2.05) is 18.2 Å². The number of nitrogens with one attached hydrogen (secondary N) is 2. The third-order valence-corrected chi connectivity index (χ3v) is 6.69. The first-order valence-corrected chi connectivity index (χ1v) is 10.7. The maximum atomic E-state index is 12.9. The first kappa shape index (κ1) is 20.8. The van der Waals surface area contributed by atoms with Gasteiger partial charge in [-0.25, -0.2) is 8.42 Å². The summed E-state index contributed by atoms with van der Waals surface area (Å²) in [4.78, 5) is 0.0326. The van der Waals surface area contributed by atoms with E-state index in [0.29, 0.717) is 42.9 Å². The number of ether oxygens (including phenoxy) is 2. The fourth-order valence-corrected chi connectivity index (χ4v) is 4.84. The van der Waals surface area contributed by atoms with Crippen LogP contribution >= 0.6 is 23.8 Å².